The lowest BCUT2D eigenvalue weighted by Gasteiger charge is -2.25. The average Bonchev–Trinajstić information content (AvgIpc) is 2.64. The van der Waals surface area contributed by atoms with Gasteiger partial charge < -0.3 is 15.0 Å². The molecule has 0 aromatic carbocycles. The van der Waals surface area contributed by atoms with E-state index < -0.39 is 0 Å². The molecule has 0 aromatic rings. The van der Waals surface area contributed by atoms with Crippen molar-refractivity contribution in [2.24, 2.45) is 0 Å². The van der Waals surface area contributed by atoms with E-state index in [1.54, 1.807) is 7.11 Å². The predicted octanol–water partition coefficient (Wildman–Crippen LogP) is 1.01. The Kier molecular flexibility index (Phi) is 5.77. The van der Waals surface area contributed by atoms with Crippen molar-refractivity contribution < 1.29 is 9.53 Å². The Balaban J connectivity index is 2.28. The van der Waals surface area contributed by atoms with Crippen LogP contribution in [0.1, 0.15) is 33.1 Å². The molecule has 1 fully saturated rings. The minimum Gasteiger partial charge on any atom is -0.383 e. The van der Waals surface area contributed by atoms with Crippen LogP contribution >= 0.6 is 0 Å². The molecule has 1 aliphatic rings. The number of nitrogens with one attached hydrogen (secondary N) is 1. The maximum Gasteiger partial charge on any atom is 0.222 e. The lowest BCUT2D eigenvalue weighted by molar-refractivity contribution is -0.128. The number of ether oxygens (including phenoxy) is 1. The van der Waals surface area contributed by atoms with Crippen molar-refractivity contribution in [2.45, 2.75) is 45.2 Å². The van der Waals surface area contributed by atoms with Crippen molar-refractivity contribution in [2.75, 3.05) is 26.8 Å². The largest absolute Gasteiger partial charge is 0.383 e. The standard InChI is InChI=1S/C12H24N2O2/c1-4-11(9-16-3)13-10(2)8-14-7-5-6-12(14)15/h10-11,13H,4-9H2,1-3H3. The highest BCUT2D eigenvalue weighted by molar-refractivity contribution is 5.78. The summed E-state index contributed by atoms with van der Waals surface area (Å²) in [6.07, 6.45) is 2.79. The summed E-state index contributed by atoms with van der Waals surface area (Å²) in [5, 5.41) is 3.50. The third kappa shape index (κ3) is 4.10. The molecule has 94 valence electrons. The number of carbonyl (C=O) groups excluding carboxylic acids is 1. The van der Waals surface area contributed by atoms with Crippen molar-refractivity contribution in [3.05, 3.63) is 0 Å². The summed E-state index contributed by atoms with van der Waals surface area (Å²) in [6, 6.07) is 0.722. The molecule has 0 bridgehead atoms. The molecule has 1 saturated heterocycles. The number of nitrogens with zero attached hydrogens (tertiary/aromatic N) is 1. The molecule has 4 nitrogen and oxygen atoms in total. The lowest BCUT2D eigenvalue weighted by atomic mass is 10.2. The maximum atomic E-state index is 11.5. The van der Waals surface area contributed by atoms with Gasteiger partial charge in [-0.2, -0.15) is 0 Å². The zero-order chi connectivity index (χ0) is 12.0. The van der Waals surface area contributed by atoms with Gasteiger partial charge in [0.05, 0.1) is 6.61 Å². The minimum atomic E-state index is 0.299. The Labute approximate surface area is 98.3 Å². The molecule has 0 aromatic heterocycles. The Bertz CT molecular complexity index is 221. The molecule has 1 rings (SSSR count). The van der Waals surface area contributed by atoms with Crippen molar-refractivity contribution in [1.29, 1.82) is 0 Å². The molecular formula is C12H24N2O2. The van der Waals surface area contributed by atoms with Gasteiger partial charge in [-0.3, -0.25) is 4.79 Å². The summed E-state index contributed by atoms with van der Waals surface area (Å²) in [5.74, 6) is 0.299. The van der Waals surface area contributed by atoms with Gasteiger partial charge in [0.15, 0.2) is 0 Å². The van der Waals surface area contributed by atoms with Crippen LogP contribution in [0.3, 0.4) is 0 Å². The fourth-order valence-corrected chi connectivity index (χ4v) is 2.17. The van der Waals surface area contributed by atoms with Crippen LogP contribution in [0.25, 0.3) is 0 Å². The van der Waals surface area contributed by atoms with Crippen molar-refractivity contribution >= 4 is 5.91 Å². The number of hydrogen-bond donors (Lipinski definition) is 1. The van der Waals surface area contributed by atoms with E-state index in [2.05, 4.69) is 19.2 Å². The second-order valence-electron chi connectivity index (χ2n) is 4.57. The first kappa shape index (κ1) is 13.5. The second-order valence-corrected chi connectivity index (χ2v) is 4.57. The average molecular weight is 228 g/mol. The molecule has 2 unspecified atom stereocenters. The SMILES string of the molecule is CCC(COC)NC(C)CN1CCCC1=O. The van der Waals surface area contributed by atoms with Gasteiger partial charge in [-0.05, 0) is 19.8 Å². The molecule has 4 heteroatoms. The molecule has 1 N–H and O–H groups in total. The number of rotatable bonds is 7. The summed E-state index contributed by atoms with van der Waals surface area (Å²) in [4.78, 5) is 13.4. The van der Waals surface area contributed by atoms with Gasteiger partial charge in [0.2, 0.25) is 5.91 Å². The molecule has 1 heterocycles. The molecule has 1 aliphatic heterocycles. The first-order valence-corrected chi connectivity index (χ1v) is 6.20. The zero-order valence-electron chi connectivity index (χ0n) is 10.7. The van der Waals surface area contributed by atoms with Crippen LogP contribution < -0.4 is 5.32 Å². The second kappa shape index (κ2) is 6.86. The monoisotopic (exact) mass is 228 g/mol. The van der Waals surface area contributed by atoms with Crippen LogP contribution in [0.5, 0.6) is 0 Å². The Hall–Kier alpha value is -0.610. The van der Waals surface area contributed by atoms with E-state index in [0.717, 1.165) is 39.0 Å². The van der Waals surface area contributed by atoms with Gasteiger partial charge in [-0.1, -0.05) is 6.92 Å². The third-order valence-corrected chi connectivity index (χ3v) is 3.05. The van der Waals surface area contributed by atoms with Crippen LogP contribution in [0.15, 0.2) is 0 Å². The molecule has 2 atom stereocenters. The first-order valence-electron chi connectivity index (χ1n) is 6.20. The summed E-state index contributed by atoms with van der Waals surface area (Å²) in [5.41, 5.74) is 0. The summed E-state index contributed by atoms with van der Waals surface area (Å²) in [6.45, 7) is 6.74. The van der Waals surface area contributed by atoms with Gasteiger partial charge in [-0.15, -0.1) is 0 Å². The smallest absolute Gasteiger partial charge is 0.222 e. The van der Waals surface area contributed by atoms with E-state index >= 15 is 0 Å². The van der Waals surface area contributed by atoms with E-state index in [-0.39, 0.29) is 0 Å². The van der Waals surface area contributed by atoms with Gasteiger partial charge >= 0.3 is 0 Å². The number of methoxy groups -OCH3 is 1. The number of amides is 1. The van der Waals surface area contributed by atoms with E-state index in [1.165, 1.54) is 0 Å². The van der Waals surface area contributed by atoms with Crippen molar-refractivity contribution in [1.82, 2.24) is 10.2 Å². The summed E-state index contributed by atoms with van der Waals surface area (Å²) >= 11 is 0. The topological polar surface area (TPSA) is 41.6 Å². The van der Waals surface area contributed by atoms with Crippen LogP contribution in [0.4, 0.5) is 0 Å². The van der Waals surface area contributed by atoms with Gasteiger partial charge in [-0.25, -0.2) is 0 Å². The maximum absolute atomic E-state index is 11.5. The van der Waals surface area contributed by atoms with E-state index in [9.17, 15) is 4.79 Å². The number of likely N-dealkylation sites (tertiary alicyclic amines) is 1. The predicted molar refractivity (Wildman–Crippen MR) is 64.4 cm³/mol. The fourth-order valence-electron chi connectivity index (χ4n) is 2.17. The normalized spacial score (nSPS) is 20.2. The number of carbonyl (C=O) groups is 1. The summed E-state index contributed by atoms with van der Waals surface area (Å²) in [7, 11) is 1.72. The highest BCUT2D eigenvalue weighted by Crippen LogP contribution is 2.10. The minimum absolute atomic E-state index is 0.299. The van der Waals surface area contributed by atoms with E-state index in [0.29, 0.717) is 18.0 Å². The fraction of sp³-hybridized carbons (Fsp3) is 0.917. The Morgan fingerprint density at radius 3 is 2.81 bits per heavy atom. The molecule has 0 spiro atoms. The zero-order valence-corrected chi connectivity index (χ0v) is 10.7. The van der Waals surface area contributed by atoms with Crippen LogP contribution in [-0.2, 0) is 9.53 Å². The van der Waals surface area contributed by atoms with Crippen LogP contribution in [0.2, 0.25) is 0 Å². The van der Waals surface area contributed by atoms with Crippen LogP contribution in [0, 0.1) is 0 Å². The van der Waals surface area contributed by atoms with E-state index in [4.69, 9.17) is 4.74 Å². The molecule has 0 saturated carbocycles. The lowest BCUT2D eigenvalue weighted by Crippen LogP contribution is -2.45. The van der Waals surface area contributed by atoms with Gasteiger partial charge in [0.25, 0.3) is 0 Å². The molecule has 0 radical (unpaired) electrons. The molecule has 1 amide bonds. The molecule has 16 heavy (non-hydrogen) atoms. The third-order valence-electron chi connectivity index (χ3n) is 3.05. The number of hydrogen-bond acceptors (Lipinski definition) is 3. The molecule has 0 aliphatic carbocycles. The quantitative estimate of drug-likeness (QED) is 0.707. The Morgan fingerprint density at radius 1 is 1.56 bits per heavy atom. The van der Waals surface area contributed by atoms with Crippen molar-refractivity contribution in [3.8, 4) is 0 Å². The summed E-state index contributed by atoms with van der Waals surface area (Å²) < 4.78 is 5.14. The molecular weight excluding hydrogens is 204 g/mol. The Morgan fingerprint density at radius 2 is 2.31 bits per heavy atom. The highest BCUT2D eigenvalue weighted by atomic mass is 16.5. The first-order chi connectivity index (χ1) is 7.67. The van der Waals surface area contributed by atoms with Crippen molar-refractivity contribution in [3.63, 3.8) is 0 Å². The van der Waals surface area contributed by atoms with Crippen LogP contribution in [-0.4, -0.2) is 49.7 Å². The highest BCUT2D eigenvalue weighted by Gasteiger charge is 2.22. The van der Waals surface area contributed by atoms with Gasteiger partial charge in [0, 0.05) is 38.7 Å². The van der Waals surface area contributed by atoms with Gasteiger partial charge in [0.1, 0.15) is 0 Å². The van der Waals surface area contributed by atoms with E-state index in [1.807, 2.05) is 4.90 Å².